The van der Waals surface area contributed by atoms with Gasteiger partial charge in [-0.15, -0.1) is 0 Å². The Bertz CT molecular complexity index is 640. The number of hydrogen-bond acceptors (Lipinski definition) is 3. The first-order chi connectivity index (χ1) is 7.70. The molecule has 0 aliphatic carbocycles. The second-order valence-corrected chi connectivity index (χ2v) is 3.47. The standard InChI is InChI=1S/C11H13N3O2/c1-3-13-9-7-12-6-5-8(9)10(15)14(4-2)11(13)16/h5-7H,3-4H2,1-2H3. The molecule has 0 saturated heterocycles. The Morgan fingerprint density at radius 3 is 2.50 bits per heavy atom. The molecule has 0 aliphatic rings. The van der Waals surface area contributed by atoms with Crippen LogP contribution in [0.1, 0.15) is 13.8 Å². The van der Waals surface area contributed by atoms with Crippen LogP contribution < -0.4 is 11.2 Å². The molecule has 0 aromatic carbocycles. The number of nitrogens with zero attached hydrogens (tertiary/aromatic N) is 3. The molecule has 0 bridgehead atoms. The fraction of sp³-hybridized carbons (Fsp3) is 0.364. The van der Waals surface area contributed by atoms with E-state index in [4.69, 9.17) is 0 Å². The third-order valence-electron chi connectivity index (χ3n) is 2.66. The molecule has 0 aliphatic heterocycles. The van der Waals surface area contributed by atoms with Gasteiger partial charge >= 0.3 is 5.69 Å². The third-order valence-corrected chi connectivity index (χ3v) is 2.66. The number of aryl methyl sites for hydroxylation is 1. The van der Waals surface area contributed by atoms with Crippen LogP contribution in [0.5, 0.6) is 0 Å². The zero-order chi connectivity index (χ0) is 11.7. The van der Waals surface area contributed by atoms with Crippen LogP contribution in [0.25, 0.3) is 10.9 Å². The van der Waals surface area contributed by atoms with Crippen LogP contribution in [0.3, 0.4) is 0 Å². The zero-order valence-electron chi connectivity index (χ0n) is 9.30. The minimum Gasteiger partial charge on any atom is -0.292 e. The second kappa shape index (κ2) is 3.92. The minimum atomic E-state index is -0.268. The number of hydrogen-bond donors (Lipinski definition) is 0. The highest BCUT2D eigenvalue weighted by Gasteiger charge is 2.10. The van der Waals surface area contributed by atoms with Crippen molar-refractivity contribution in [3.63, 3.8) is 0 Å². The van der Waals surface area contributed by atoms with Gasteiger partial charge < -0.3 is 0 Å². The van der Waals surface area contributed by atoms with Gasteiger partial charge in [-0.2, -0.15) is 0 Å². The van der Waals surface area contributed by atoms with E-state index in [-0.39, 0.29) is 11.2 Å². The first-order valence-corrected chi connectivity index (χ1v) is 5.28. The van der Waals surface area contributed by atoms with E-state index in [2.05, 4.69) is 4.98 Å². The summed E-state index contributed by atoms with van der Waals surface area (Å²) in [5, 5.41) is 0.540. The summed E-state index contributed by atoms with van der Waals surface area (Å²) in [5.74, 6) is 0. The van der Waals surface area contributed by atoms with E-state index >= 15 is 0 Å². The average Bonchev–Trinajstić information content (AvgIpc) is 2.30. The van der Waals surface area contributed by atoms with Gasteiger partial charge in [-0.25, -0.2) is 4.79 Å². The summed E-state index contributed by atoms with van der Waals surface area (Å²) in [6.07, 6.45) is 3.12. The van der Waals surface area contributed by atoms with E-state index in [1.807, 2.05) is 6.92 Å². The molecule has 2 aromatic rings. The van der Waals surface area contributed by atoms with Crippen LogP contribution in [0.4, 0.5) is 0 Å². The molecule has 0 atom stereocenters. The van der Waals surface area contributed by atoms with E-state index in [1.54, 1.807) is 30.0 Å². The van der Waals surface area contributed by atoms with Gasteiger partial charge in [0.05, 0.1) is 17.1 Å². The molecular formula is C11H13N3O2. The molecule has 2 heterocycles. The van der Waals surface area contributed by atoms with Gasteiger partial charge in [-0.1, -0.05) is 0 Å². The predicted octanol–water partition coefficient (Wildman–Crippen LogP) is 0.598. The Labute approximate surface area is 92.0 Å². The lowest BCUT2D eigenvalue weighted by Crippen LogP contribution is -2.39. The molecule has 0 fully saturated rings. The monoisotopic (exact) mass is 219 g/mol. The van der Waals surface area contributed by atoms with E-state index in [0.29, 0.717) is 24.0 Å². The zero-order valence-corrected chi connectivity index (χ0v) is 9.30. The quantitative estimate of drug-likeness (QED) is 0.743. The van der Waals surface area contributed by atoms with Crippen LogP contribution in [0.15, 0.2) is 28.0 Å². The lowest BCUT2D eigenvalue weighted by Gasteiger charge is -2.10. The Hall–Kier alpha value is -1.91. The molecule has 5 heteroatoms. The molecule has 16 heavy (non-hydrogen) atoms. The molecule has 2 rings (SSSR count). The van der Waals surface area contributed by atoms with Crippen molar-refractivity contribution in [2.45, 2.75) is 26.9 Å². The Morgan fingerprint density at radius 2 is 1.88 bits per heavy atom. The van der Waals surface area contributed by atoms with Gasteiger partial charge in [0.25, 0.3) is 5.56 Å². The van der Waals surface area contributed by atoms with E-state index in [1.165, 1.54) is 4.57 Å². The SMILES string of the molecule is CCn1c(=O)c2ccncc2n(CC)c1=O. The summed E-state index contributed by atoms with van der Waals surface area (Å²) in [6, 6.07) is 1.65. The van der Waals surface area contributed by atoms with Crippen molar-refractivity contribution in [1.82, 2.24) is 14.1 Å². The Kier molecular flexibility index (Phi) is 2.60. The largest absolute Gasteiger partial charge is 0.331 e. The molecule has 0 N–H and O–H groups in total. The second-order valence-electron chi connectivity index (χ2n) is 3.47. The molecule has 84 valence electrons. The van der Waals surface area contributed by atoms with Gasteiger partial charge in [0.2, 0.25) is 0 Å². The predicted molar refractivity (Wildman–Crippen MR) is 61.6 cm³/mol. The van der Waals surface area contributed by atoms with Crippen molar-refractivity contribution in [3.05, 3.63) is 39.3 Å². The summed E-state index contributed by atoms with van der Waals surface area (Å²) in [7, 11) is 0. The van der Waals surface area contributed by atoms with Crippen molar-refractivity contribution in [2.24, 2.45) is 0 Å². The summed E-state index contributed by atoms with van der Waals surface area (Å²) in [4.78, 5) is 27.9. The minimum absolute atomic E-state index is 0.241. The van der Waals surface area contributed by atoms with Crippen LogP contribution in [0.2, 0.25) is 0 Å². The number of rotatable bonds is 2. The van der Waals surface area contributed by atoms with Crippen molar-refractivity contribution < 1.29 is 0 Å². The fourth-order valence-corrected chi connectivity index (χ4v) is 1.85. The van der Waals surface area contributed by atoms with Gasteiger partial charge in [0.15, 0.2) is 0 Å². The molecule has 0 unspecified atom stereocenters. The Balaban J connectivity index is 3.07. The highest BCUT2D eigenvalue weighted by molar-refractivity contribution is 5.76. The first kappa shape index (κ1) is 10.6. The Morgan fingerprint density at radius 1 is 1.19 bits per heavy atom. The number of pyridine rings is 1. The van der Waals surface area contributed by atoms with Crippen molar-refractivity contribution in [2.75, 3.05) is 0 Å². The van der Waals surface area contributed by atoms with Crippen LogP contribution in [0, 0.1) is 0 Å². The van der Waals surface area contributed by atoms with Crippen LogP contribution in [-0.2, 0) is 13.1 Å². The maximum atomic E-state index is 12.0. The van der Waals surface area contributed by atoms with E-state index in [9.17, 15) is 9.59 Å². The summed E-state index contributed by atoms with van der Waals surface area (Å²) >= 11 is 0. The first-order valence-electron chi connectivity index (χ1n) is 5.28. The normalized spacial score (nSPS) is 10.9. The van der Waals surface area contributed by atoms with Crippen molar-refractivity contribution >= 4 is 10.9 Å². The maximum Gasteiger partial charge on any atom is 0.331 e. The third kappa shape index (κ3) is 1.36. The molecule has 0 radical (unpaired) electrons. The molecule has 0 saturated carbocycles. The average molecular weight is 219 g/mol. The molecule has 2 aromatic heterocycles. The highest BCUT2D eigenvalue weighted by Crippen LogP contribution is 2.04. The number of fused-ring (bicyclic) bond motifs is 1. The van der Waals surface area contributed by atoms with Gasteiger partial charge in [0.1, 0.15) is 0 Å². The fourth-order valence-electron chi connectivity index (χ4n) is 1.85. The van der Waals surface area contributed by atoms with Crippen LogP contribution >= 0.6 is 0 Å². The summed E-state index contributed by atoms with van der Waals surface area (Å²) in [5.41, 5.74) is 0.0924. The lowest BCUT2D eigenvalue weighted by molar-refractivity contribution is 0.608. The van der Waals surface area contributed by atoms with Gasteiger partial charge in [0, 0.05) is 19.3 Å². The summed E-state index contributed by atoms with van der Waals surface area (Å²) < 4.78 is 2.80. The van der Waals surface area contributed by atoms with Crippen molar-refractivity contribution in [1.29, 1.82) is 0 Å². The number of aromatic nitrogens is 3. The molecular weight excluding hydrogens is 206 g/mol. The van der Waals surface area contributed by atoms with Crippen molar-refractivity contribution in [3.8, 4) is 0 Å². The van der Waals surface area contributed by atoms with Gasteiger partial charge in [-0.05, 0) is 19.9 Å². The van der Waals surface area contributed by atoms with E-state index < -0.39 is 0 Å². The maximum absolute atomic E-state index is 12.0. The summed E-state index contributed by atoms with van der Waals surface area (Å²) in [6.45, 7) is 4.57. The van der Waals surface area contributed by atoms with Crippen LogP contribution in [-0.4, -0.2) is 14.1 Å². The highest BCUT2D eigenvalue weighted by atomic mass is 16.2. The molecule has 5 nitrogen and oxygen atoms in total. The molecule has 0 amide bonds. The lowest BCUT2D eigenvalue weighted by atomic mass is 10.3. The smallest absolute Gasteiger partial charge is 0.292 e. The van der Waals surface area contributed by atoms with Gasteiger partial charge in [-0.3, -0.25) is 18.9 Å². The topological polar surface area (TPSA) is 56.9 Å². The molecule has 0 spiro atoms. The van der Waals surface area contributed by atoms with E-state index in [0.717, 1.165) is 0 Å².